The zero-order chi connectivity index (χ0) is 21.6. The van der Waals surface area contributed by atoms with Gasteiger partial charge in [-0.15, -0.1) is 0 Å². The number of nitrogens with two attached hydrogens (primary N) is 1. The van der Waals surface area contributed by atoms with Gasteiger partial charge in [0.2, 0.25) is 5.91 Å². The monoisotopic (exact) mass is 428 g/mol. The van der Waals surface area contributed by atoms with Gasteiger partial charge in [0.05, 0.1) is 12.8 Å². The molecular formula is C21H24N4O4S. The molecule has 0 aliphatic heterocycles. The molecule has 0 aliphatic carbocycles. The lowest BCUT2D eigenvalue weighted by atomic mass is 10.1. The lowest BCUT2D eigenvalue weighted by molar-refractivity contribution is -0.121. The Morgan fingerprint density at radius 3 is 2.57 bits per heavy atom. The van der Waals surface area contributed by atoms with Crippen molar-refractivity contribution in [3.05, 3.63) is 71.9 Å². The van der Waals surface area contributed by atoms with Crippen molar-refractivity contribution in [2.24, 2.45) is 5.14 Å². The van der Waals surface area contributed by atoms with Gasteiger partial charge in [0.25, 0.3) is 10.2 Å². The van der Waals surface area contributed by atoms with Gasteiger partial charge in [0.1, 0.15) is 5.75 Å². The summed E-state index contributed by atoms with van der Waals surface area (Å²) >= 11 is 0. The Morgan fingerprint density at radius 1 is 1.10 bits per heavy atom. The van der Waals surface area contributed by atoms with Crippen LogP contribution in [0.3, 0.4) is 0 Å². The van der Waals surface area contributed by atoms with Crippen molar-refractivity contribution in [3.8, 4) is 17.0 Å². The second-order valence-electron chi connectivity index (χ2n) is 6.75. The van der Waals surface area contributed by atoms with Crippen molar-refractivity contribution in [1.29, 1.82) is 0 Å². The van der Waals surface area contributed by atoms with E-state index in [1.54, 1.807) is 31.4 Å². The molecule has 1 aromatic heterocycles. The van der Waals surface area contributed by atoms with Crippen LogP contribution in [0.4, 0.5) is 5.69 Å². The highest BCUT2D eigenvalue weighted by molar-refractivity contribution is 7.90. The van der Waals surface area contributed by atoms with Gasteiger partial charge in [-0.3, -0.25) is 9.52 Å². The van der Waals surface area contributed by atoms with Crippen molar-refractivity contribution < 1.29 is 17.9 Å². The number of anilines is 1. The second-order valence-corrected chi connectivity index (χ2v) is 8.04. The number of methoxy groups -OCH3 is 1. The molecule has 9 heteroatoms. The fourth-order valence-electron chi connectivity index (χ4n) is 2.97. The van der Waals surface area contributed by atoms with Crippen molar-refractivity contribution in [3.63, 3.8) is 0 Å². The highest BCUT2D eigenvalue weighted by Crippen LogP contribution is 2.22. The Hall–Kier alpha value is -3.30. The molecule has 0 radical (unpaired) electrons. The summed E-state index contributed by atoms with van der Waals surface area (Å²) in [5.41, 5.74) is 4.10. The second kappa shape index (κ2) is 9.47. The Bertz CT molecular complexity index is 1110. The summed E-state index contributed by atoms with van der Waals surface area (Å²) in [7, 11) is -2.20. The number of H-pyrrole nitrogens is 1. The average molecular weight is 429 g/mol. The number of benzene rings is 2. The van der Waals surface area contributed by atoms with Crippen LogP contribution < -0.4 is 19.9 Å². The first kappa shape index (κ1) is 21.4. The van der Waals surface area contributed by atoms with Crippen LogP contribution in [-0.2, 0) is 28.0 Å². The van der Waals surface area contributed by atoms with E-state index in [0.29, 0.717) is 25.1 Å². The summed E-state index contributed by atoms with van der Waals surface area (Å²) in [5.74, 6) is 0.702. The van der Waals surface area contributed by atoms with Crippen molar-refractivity contribution >= 4 is 21.8 Å². The molecule has 0 spiro atoms. The maximum atomic E-state index is 12.2. The van der Waals surface area contributed by atoms with E-state index >= 15 is 0 Å². The standard InChI is InChI=1S/C21H24N4O4S/c1-29-19-9-5-16(6-10-19)20-11-7-17(24-20)8-12-21(26)23-14-15-3-2-4-18(13-15)25-30(22,27)28/h2-7,9-11,13,24-25H,8,12,14H2,1H3,(H,23,26)(H2,22,27,28). The molecule has 30 heavy (non-hydrogen) atoms. The van der Waals surface area contributed by atoms with Gasteiger partial charge in [-0.2, -0.15) is 8.42 Å². The van der Waals surface area contributed by atoms with Crippen LogP contribution in [0.25, 0.3) is 11.3 Å². The van der Waals surface area contributed by atoms with E-state index in [4.69, 9.17) is 9.88 Å². The Balaban J connectivity index is 1.49. The number of amides is 1. The van der Waals surface area contributed by atoms with Gasteiger partial charge in [-0.1, -0.05) is 12.1 Å². The zero-order valence-electron chi connectivity index (χ0n) is 16.5. The third-order valence-corrected chi connectivity index (χ3v) is 4.97. The molecule has 5 N–H and O–H groups in total. The lowest BCUT2D eigenvalue weighted by Crippen LogP contribution is -2.24. The molecule has 0 saturated heterocycles. The fraction of sp³-hybridized carbons (Fsp3) is 0.190. The van der Waals surface area contributed by atoms with Gasteiger partial charge in [-0.05, 0) is 66.1 Å². The van der Waals surface area contributed by atoms with E-state index in [-0.39, 0.29) is 5.91 Å². The molecule has 0 saturated carbocycles. The quantitative estimate of drug-likeness (QED) is 0.418. The number of aryl methyl sites for hydroxylation is 1. The van der Waals surface area contributed by atoms with Crippen molar-refractivity contribution in [1.82, 2.24) is 10.3 Å². The zero-order valence-corrected chi connectivity index (χ0v) is 17.3. The van der Waals surface area contributed by atoms with Crippen LogP contribution in [0.5, 0.6) is 5.75 Å². The van der Waals surface area contributed by atoms with Gasteiger partial charge in [0, 0.05) is 24.4 Å². The van der Waals surface area contributed by atoms with Crippen LogP contribution in [0.15, 0.2) is 60.7 Å². The number of carbonyl (C=O) groups is 1. The first-order valence-electron chi connectivity index (χ1n) is 9.31. The van der Waals surface area contributed by atoms with E-state index < -0.39 is 10.2 Å². The molecule has 8 nitrogen and oxygen atoms in total. The number of hydrogen-bond acceptors (Lipinski definition) is 4. The molecule has 158 valence electrons. The minimum Gasteiger partial charge on any atom is -0.497 e. The summed E-state index contributed by atoms with van der Waals surface area (Å²) in [6.07, 6.45) is 0.909. The van der Waals surface area contributed by atoms with Gasteiger partial charge in [0.15, 0.2) is 0 Å². The molecule has 3 rings (SSSR count). The topological polar surface area (TPSA) is 126 Å². The Kier molecular flexibility index (Phi) is 6.76. The summed E-state index contributed by atoms with van der Waals surface area (Å²) in [6.45, 7) is 0.292. The number of nitrogens with one attached hydrogen (secondary N) is 3. The van der Waals surface area contributed by atoms with Crippen molar-refractivity contribution in [2.75, 3.05) is 11.8 Å². The molecule has 0 unspecified atom stereocenters. The highest BCUT2D eigenvalue weighted by atomic mass is 32.2. The van der Waals surface area contributed by atoms with Crippen LogP contribution in [0, 0.1) is 0 Å². The number of aromatic nitrogens is 1. The normalized spacial score (nSPS) is 11.1. The third-order valence-electron chi connectivity index (χ3n) is 4.45. The number of carbonyl (C=O) groups excluding carboxylic acids is 1. The van der Waals surface area contributed by atoms with Crippen LogP contribution in [0.1, 0.15) is 17.7 Å². The van der Waals surface area contributed by atoms with E-state index in [1.807, 2.05) is 36.4 Å². The van der Waals surface area contributed by atoms with Gasteiger partial charge < -0.3 is 15.0 Å². The van der Waals surface area contributed by atoms with E-state index in [2.05, 4.69) is 15.0 Å². The maximum absolute atomic E-state index is 12.2. The summed E-state index contributed by atoms with van der Waals surface area (Å²) in [4.78, 5) is 15.5. The smallest absolute Gasteiger partial charge is 0.296 e. The molecule has 3 aromatic rings. The number of rotatable bonds is 9. The van der Waals surface area contributed by atoms with E-state index in [0.717, 1.165) is 28.3 Å². The third kappa shape index (κ3) is 6.36. The molecule has 1 heterocycles. The number of aromatic amines is 1. The largest absolute Gasteiger partial charge is 0.497 e. The number of hydrogen-bond donors (Lipinski definition) is 4. The maximum Gasteiger partial charge on any atom is 0.296 e. The average Bonchev–Trinajstić information content (AvgIpc) is 3.19. The SMILES string of the molecule is COc1ccc(-c2ccc(CCC(=O)NCc3cccc(NS(N)(=O)=O)c3)[nH]2)cc1. The fourth-order valence-corrected chi connectivity index (χ4v) is 3.43. The van der Waals surface area contributed by atoms with Crippen LogP contribution in [-0.4, -0.2) is 26.4 Å². The summed E-state index contributed by atoms with van der Waals surface area (Å²) in [5, 5.41) is 7.80. The minimum absolute atomic E-state index is 0.0968. The van der Waals surface area contributed by atoms with Crippen LogP contribution in [0.2, 0.25) is 0 Å². The molecule has 0 atom stereocenters. The first-order chi connectivity index (χ1) is 14.3. The molecular weight excluding hydrogens is 404 g/mol. The summed E-state index contributed by atoms with van der Waals surface area (Å²) < 4.78 is 29.6. The predicted molar refractivity (Wildman–Crippen MR) is 116 cm³/mol. The van der Waals surface area contributed by atoms with Gasteiger partial charge in [-0.25, -0.2) is 5.14 Å². The Labute approximate surface area is 175 Å². The lowest BCUT2D eigenvalue weighted by Gasteiger charge is -2.08. The molecule has 2 aromatic carbocycles. The Morgan fingerprint density at radius 2 is 1.87 bits per heavy atom. The molecule has 0 bridgehead atoms. The summed E-state index contributed by atoms with van der Waals surface area (Å²) in [6, 6.07) is 18.4. The van der Waals surface area contributed by atoms with E-state index in [9.17, 15) is 13.2 Å². The number of ether oxygens (including phenoxy) is 1. The van der Waals surface area contributed by atoms with Crippen LogP contribution >= 0.6 is 0 Å². The minimum atomic E-state index is -3.83. The molecule has 0 fully saturated rings. The molecule has 1 amide bonds. The predicted octanol–water partition coefficient (Wildman–Crippen LogP) is 2.55. The van der Waals surface area contributed by atoms with Gasteiger partial charge >= 0.3 is 0 Å². The van der Waals surface area contributed by atoms with E-state index in [1.165, 1.54) is 0 Å². The highest BCUT2D eigenvalue weighted by Gasteiger charge is 2.07. The van der Waals surface area contributed by atoms with Crippen molar-refractivity contribution in [2.45, 2.75) is 19.4 Å². The first-order valence-corrected chi connectivity index (χ1v) is 10.9. The molecule has 0 aliphatic rings.